The fourth-order valence-corrected chi connectivity index (χ4v) is 3.70. The van der Waals surface area contributed by atoms with E-state index in [-0.39, 0.29) is 22.9 Å². The first-order valence-corrected chi connectivity index (χ1v) is 10.2. The first-order chi connectivity index (χ1) is 13.1. The fraction of sp³-hybridized carbons (Fsp3) is 0.278. The van der Waals surface area contributed by atoms with Gasteiger partial charge in [-0.3, -0.25) is 13.9 Å². The Labute approximate surface area is 161 Å². The zero-order valence-electron chi connectivity index (χ0n) is 15.8. The van der Waals surface area contributed by atoms with Gasteiger partial charge in [0.25, 0.3) is 5.56 Å². The van der Waals surface area contributed by atoms with Crippen LogP contribution in [0.3, 0.4) is 0 Å². The smallest absolute Gasteiger partial charge is 0.333 e. The first-order valence-electron chi connectivity index (χ1n) is 8.28. The number of aryl methyl sites for hydroxylation is 1. The van der Waals surface area contributed by atoms with Crippen molar-refractivity contribution >= 4 is 26.7 Å². The van der Waals surface area contributed by atoms with Crippen LogP contribution in [-0.2, 0) is 30.5 Å². The van der Waals surface area contributed by atoms with Crippen LogP contribution >= 0.6 is 0 Å². The van der Waals surface area contributed by atoms with Crippen molar-refractivity contribution in [2.45, 2.75) is 11.7 Å². The molecule has 0 aliphatic rings. The van der Waals surface area contributed by atoms with E-state index in [0.29, 0.717) is 0 Å². The molecule has 9 nitrogen and oxygen atoms in total. The maximum Gasteiger partial charge on any atom is 0.333 e. The van der Waals surface area contributed by atoms with Crippen molar-refractivity contribution in [3.05, 3.63) is 50.7 Å². The third-order valence-corrected chi connectivity index (χ3v) is 5.30. The van der Waals surface area contributed by atoms with Crippen LogP contribution in [0.5, 0.6) is 0 Å². The van der Waals surface area contributed by atoms with E-state index >= 15 is 0 Å². The summed E-state index contributed by atoms with van der Waals surface area (Å²) in [5.74, 6) is 5.84. The van der Waals surface area contributed by atoms with Gasteiger partial charge in [-0.25, -0.2) is 13.2 Å². The van der Waals surface area contributed by atoms with Gasteiger partial charge in [-0.1, -0.05) is 17.9 Å². The van der Waals surface area contributed by atoms with Gasteiger partial charge in [0, 0.05) is 38.6 Å². The molecule has 0 unspecified atom stereocenters. The average molecular weight is 401 g/mol. The van der Waals surface area contributed by atoms with E-state index in [2.05, 4.69) is 22.1 Å². The predicted octanol–water partition coefficient (Wildman–Crippen LogP) is -0.0694. The number of sulfone groups is 1. The van der Waals surface area contributed by atoms with E-state index in [0.717, 1.165) is 22.1 Å². The van der Waals surface area contributed by atoms with Crippen molar-refractivity contribution in [1.82, 2.24) is 18.7 Å². The van der Waals surface area contributed by atoms with E-state index in [4.69, 9.17) is 0 Å². The monoisotopic (exact) mass is 401 g/mol. The van der Waals surface area contributed by atoms with Gasteiger partial charge in [-0.2, -0.15) is 4.98 Å². The molecule has 0 amide bonds. The summed E-state index contributed by atoms with van der Waals surface area (Å²) < 4.78 is 27.2. The van der Waals surface area contributed by atoms with Crippen LogP contribution in [0.25, 0.3) is 11.2 Å². The van der Waals surface area contributed by atoms with Crippen LogP contribution in [-0.4, -0.2) is 40.4 Å². The molecular formula is C18H19N5O4S. The van der Waals surface area contributed by atoms with Crippen molar-refractivity contribution in [1.29, 1.82) is 0 Å². The molecule has 1 aromatic carbocycles. The summed E-state index contributed by atoms with van der Waals surface area (Å²) in [6.07, 6.45) is 0.996. The number of imidazole rings is 1. The Bertz CT molecular complexity index is 1370. The zero-order chi connectivity index (χ0) is 20.6. The number of aromatic nitrogens is 4. The van der Waals surface area contributed by atoms with Crippen molar-refractivity contribution in [3.63, 3.8) is 0 Å². The molecule has 2 heterocycles. The molecule has 0 saturated heterocycles. The summed E-state index contributed by atoms with van der Waals surface area (Å²) >= 11 is 0. The van der Waals surface area contributed by atoms with Gasteiger partial charge in [0.15, 0.2) is 11.2 Å². The molecule has 0 bridgehead atoms. The number of nitrogens with one attached hydrogen (secondary N) is 1. The molecule has 146 valence electrons. The van der Waals surface area contributed by atoms with Crippen molar-refractivity contribution in [3.8, 4) is 11.8 Å². The quantitative estimate of drug-likeness (QED) is 0.616. The molecule has 2 aromatic heterocycles. The van der Waals surface area contributed by atoms with Gasteiger partial charge < -0.3 is 9.88 Å². The molecule has 10 heteroatoms. The Kier molecular flexibility index (Phi) is 4.87. The number of anilines is 1. The minimum atomic E-state index is -3.68. The van der Waals surface area contributed by atoms with Gasteiger partial charge in [0.2, 0.25) is 15.0 Å². The van der Waals surface area contributed by atoms with Gasteiger partial charge in [0.1, 0.15) is 0 Å². The van der Waals surface area contributed by atoms with Crippen LogP contribution in [0.1, 0.15) is 5.56 Å². The fourth-order valence-electron chi connectivity index (χ4n) is 2.86. The molecule has 0 saturated carbocycles. The lowest BCUT2D eigenvalue weighted by Gasteiger charge is -2.05. The molecule has 0 aliphatic heterocycles. The SMILES string of the molecule is CNc1cccc(C#CCn2c(=O)n(C)c(=O)c3c2nc(S(C)(=O)=O)n3C)c1. The number of rotatable bonds is 3. The summed E-state index contributed by atoms with van der Waals surface area (Å²) in [5, 5.41) is 2.73. The van der Waals surface area contributed by atoms with Gasteiger partial charge >= 0.3 is 5.69 Å². The standard InChI is InChI=1S/C18H19N5O4S/c1-19-13-9-5-7-12(11-13)8-6-10-23-15-14(16(24)22(3)18(23)25)21(2)17(20-15)28(4,26)27/h5,7,9,11,19H,10H2,1-4H3. The highest BCUT2D eigenvalue weighted by molar-refractivity contribution is 7.90. The van der Waals surface area contributed by atoms with Crippen molar-refractivity contribution in [2.24, 2.45) is 14.1 Å². The summed E-state index contributed by atoms with van der Waals surface area (Å²) in [4.78, 5) is 29.1. The zero-order valence-corrected chi connectivity index (χ0v) is 16.7. The molecule has 3 rings (SSSR count). The second kappa shape index (κ2) is 7.01. The number of fused-ring (bicyclic) bond motifs is 1. The highest BCUT2D eigenvalue weighted by Gasteiger charge is 2.23. The lowest BCUT2D eigenvalue weighted by atomic mass is 10.2. The van der Waals surface area contributed by atoms with E-state index < -0.39 is 21.1 Å². The van der Waals surface area contributed by atoms with E-state index in [9.17, 15) is 18.0 Å². The first kappa shape index (κ1) is 19.4. The van der Waals surface area contributed by atoms with Crippen LogP contribution in [0.2, 0.25) is 0 Å². The van der Waals surface area contributed by atoms with Gasteiger partial charge in [-0.05, 0) is 18.2 Å². The molecule has 28 heavy (non-hydrogen) atoms. The number of nitrogens with zero attached hydrogens (tertiary/aromatic N) is 4. The summed E-state index contributed by atoms with van der Waals surface area (Å²) in [5.41, 5.74) is 0.440. The molecule has 0 aliphatic carbocycles. The minimum Gasteiger partial charge on any atom is -0.388 e. The van der Waals surface area contributed by atoms with Crippen molar-refractivity contribution < 1.29 is 8.42 Å². The van der Waals surface area contributed by atoms with Crippen LogP contribution < -0.4 is 16.6 Å². The lowest BCUT2D eigenvalue weighted by Crippen LogP contribution is -2.38. The number of hydrogen-bond acceptors (Lipinski definition) is 6. The summed E-state index contributed by atoms with van der Waals surface area (Å²) in [7, 11) is 0.877. The van der Waals surface area contributed by atoms with Crippen molar-refractivity contribution in [2.75, 3.05) is 18.6 Å². The minimum absolute atomic E-state index is 0.00528. The molecule has 0 fully saturated rings. The molecule has 0 radical (unpaired) electrons. The second-order valence-corrected chi connectivity index (χ2v) is 8.17. The van der Waals surface area contributed by atoms with Gasteiger partial charge in [-0.15, -0.1) is 0 Å². The molecule has 1 N–H and O–H groups in total. The third kappa shape index (κ3) is 3.32. The highest BCUT2D eigenvalue weighted by Crippen LogP contribution is 2.14. The number of benzene rings is 1. The Morgan fingerprint density at radius 1 is 1.18 bits per heavy atom. The van der Waals surface area contributed by atoms with Crippen LogP contribution in [0.15, 0.2) is 39.0 Å². The van der Waals surface area contributed by atoms with Crippen LogP contribution in [0, 0.1) is 11.8 Å². The van der Waals surface area contributed by atoms with E-state index in [1.165, 1.54) is 23.2 Å². The molecule has 0 spiro atoms. The predicted molar refractivity (Wildman–Crippen MR) is 106 cm³/mol. The Morgan fingerprint density at radius 2 is 1.89 bits per heavy atom. The molecular weight excluding hydrogens is 382 g/mol. The topological polar surface area (TPSA) is 108 Å². The Morgan fingerprint density at radius 3 is 2.54 bits per heavy atom. The lowest BCUT2D eigenvalue weighted by molar-refractivity contribution is 0.586. The summed E-state index contributed by atoms with van der Waals surface area (Å²) in [6.45, 7) is -0.0482. The van der Waals surface area contributed by atoms with E-state index in [1.54, 1.807) is 7.05 Å². The molecule has 3 aromatic rings. The number of hydrogen-bond donors (Lipinski definition) is 1. The average Bonchev–Trinajstić information content (AvgIpc) is 3.00. The Balaban J connectivity index is 2.18. The van der Waals surface area contributed by atoms with Gasteiger partial charge in [0.05, 0.1) is 6.54 Å². The Hall–Kier alpha value is -3.32. The summed E-state index contributed by atoms with van der Waals surface area (Å²) in [6, 6.07) is 7.43. The third-order valence-electron chi connectivity index (χ3n) is 4.27. The maximum atomic E-state index is 12.6. The maximum absolute atomic E-state index is 12.6. The van der Waals surface area contributed by atoms with E-state index in [1.807, 2.05) is 24.3 Å². The highest BCUT2D eigenvalue weighted by atomic mass is 32.2. The molecule has 0 atom stereocenters. The second-order valence-electron chi connectivity index (χ2n) is 6.26. The normalized spacial score (nSPS) is 11.3. The van der Waals surface area contributed by atoms with Crippen LogP contribution in [0.4, 0.5) is 5.69 Å². The largest absolute Gasteiger partial charge is 0.388 e.